The smallest absolute Gasteiger partial charge is 0.0919 e. The minimum Gasteiger partial charge on any atom is -0.387 e. The van der Waals surface area contributed by atoms with E-state index in [0.29, 0.717) is 6.54 Å². The van der Waals surface area contributed by atoms with Gasteiger partial charge in [-0.05, 0) is 45.7 Å². The van der Waals surface area contributed by atoms with Crippen LogP contribution in [0.15, 0.2) is 18.2 Å². The summed E-state index contributed by atoms with van der Waals surface area (Å²) in [7, 11) is 0. The topological polar surface area (TPSA) is 32.7 Å². The standard InChI is InChI=1S/C17H27NO2/c1-12-6-7-15(13(2)8-12)16(19)10-18-9-14(3)20-17(4,5)11-18/h6-8,14,16,19H,9-11H2,1-5H3. The molecular weight excluding hydrogens is 250 g/mol. The minimum atomic E-state index is -0.434. The van der Waals surface area contributed by atoms with Crippen molar-refractivity contribution in [2.24, 2.45) is 0 Å². The van der Waals surface area contributed by atoms with Crippen LogP contribution in [0.1, 0.15) is 43.6 Å². The largest absolute Gasteiger partial charge is 0.387 e. The third kappa shape index (κ3) is 3.81. The summed E-state index contributed by atoms with van der Waals surface area (Å²) >= 11 is 0. The van der Waals surface area contributed by atoms with Crippen LogP contribution >= 0.6 is 0 Å². The summed E-state index contributed by atoms with van der Waals surface area (Å²) in [5, 5.41) is 10.5. The van der Waals surface area contributed by atoms with Gasteiger partial charge < -0.3 is 9.84 Å². The highest BCUT2D eigenvalue weighted by molar-refractivity contribution is 5.32. The molecule has 112 valence electrons. The Labute approximate surface area is 122 Å². The molecule has 0 saturated carbocycles. The van der Waals surface area contributed by atoms with Crippen LogP contribution in [0.3, 0.4) is 0 Å². The third-order valence-corrected chi connectivity index (χ3v) is 3.86. The van der Waals surface area contributed by atoms with Gasteiger partial charge in [0.2, 0.25) is 0 Å². The van der Waals surface area contributed by atoms with Crippen molar-refractivity contribution in [1.82, 2.24) is 4.90 Å². The molecule has 1 aliphatic rings. The van der Waals surface area contributed by atoms with Crippen molar-refractivity contribution in [1.29, 1.82) is 0 Å². The maximum Gasteiger partial charge on any atom is 0.0919 e. The summed E-state index contributed by atoms with van der Waals surface area (Å²) in [6, 6.07) is 6.24. The number of ether oxygens (including phenoxy) is 1. The van der Waals surface area contributed by atoms with E-state index in [0.717, 1.165) is 24.2 Å². The number of β-amino-alcohol motifs (C(OH)–C–C–N with tert-alkyl or cyclic N) is 1. The van der Waals surface area contributed by atoms with Crippen LogP contribution in [0.4, 0.5) is 0 Å². The molecule has 3 heteroatoms. The Hall–Kier alpha value is -0.900. The fourth-order valence-electron chi connectivity index (χ4n) is 3.27. The summed E-state index contributed by atoms with van der Waals surface area (Å²) < 4.78 is 5.91. The molecule has 0 amide bonds. The Kier molecular flexibility index (Phi) is 4.52. The van der Waals surface area contributed by atoms with Gasteiger partial charge >= 0.3 is 0 Å². The quantitative estimate of drug-likeness (QED) is 0.922. The summed E-state index contributed by atoms with van der Waals surface area (Å²) in [6.07, 6.45) is -0.221. The summed E-state index contributed by atoms with van der Waals surface area (Å²) in [5.41, 5.74) is 3.30. The monoisotopic (exact) mass is 277 g/mol. The predicted octanol–water partition coefficient (Wildman–Crippen LogP) is 2.84. The fourth-order valence-corrected chi connectivity index (χ4v) is 3.27. The Morgan fingerprint density at radius 1 is 1.40 bits per heavy atom. The summed E-state index contributed by atoms with van der Waals surface area (Å²) in [5.74, 6) is 0. The maximum atomic E-state index is 10.5. The predicted molar refractivity (Wildman–Crippen MR) is 81.9 cm³/mol. The molecule has 0 bridgehead atoms. The van der Waals surface area contributed by atoms with Crippen LogP contribution in [0, 0.1) is 13.8 Å². The highest BCUT2D eigenvalue weighted by Gasteiger charge is 2.32. The van der Waals surface area contributed by atoms with Crippen molar-refractivity contribution >= 4 is 0 Å². The molecule has 0 spiro atoms. The molecule has 2 rings (SSSR count). The second-order valence-electron chi connectivity index (χ2n) is 6.76. The molecule has 2 unspecified atom stereocenters. The molecule has 0 radical (unpaired) electrons. The fraction of sp³-hybridized carbons (Fsp3) is 0.647. The zero-order chi connectivity index (χ0) is 14.9. The van der Waals surface area contributed by atoms with E-state index < -0.39 is 6.10 Å². The van der Waals surface area contributed by atoms with Crippen LogP contribution in [-0.2, 0) is 4.74 Å². The van der Waals surface area contributed by atoms with Crippen molar-refractivity contribution in [3.05, 3.63) is 34.9 Å². The van der Waals surface area contributed by atoms with Crippen molar-refractivity contribution < 1.29 is 9.84 Å². The van der Waals surface area contributed by atoms with Gasteiger partial charge in [-0.15, -0.1) is 0 Å². The Morgan fingerprint density at radius 3 is 2.70 bits per heavy atom. The molecule has 20 heavy (non-hydrogen) atoms. The Bertz CT molecular complexity index is 470. The molecule has 0 aliphatic carbocycles. The third-order valence-electron chi connectivity index (χ3n) is 3.86. The van der Waals surface area contributed by atoms with Crippen LogP contribution in [0.5, 0.6) is 0 Å². The number of aryl methyl sites for hydroxylation is 2. The second kappa shape index (κ2) is 5.84. The van der Waals surface area contributed by atoms with Crippen LogP contribution in [0.25, 0.3) is 0 Å². The molecule has 0 aromatic heterocycles. The van der Waals surface area contributed by atoms with Gasteiger partial charge in [-0.2, -0.15) is 0 Å². The number of benzene rings is 1. The van der Waals surface area contributed by atoms with Gasteiger partial charge in [-0.25, -0.2) is 0 Å². The van der Waals surface area contributed by atoms with Gasteiger partial charge in [0.15, 0.2) is 0 Å². The molecule has 1 heterocycles. The van der Waals surface area contributed by atoms with E-state index in [2.05, 4.69) is 51.7 Å². The highest BCUT2D eigenvalue weighted by atomic mass is 16.5. The zero-order valence-corrected chi connectivity index (χ0v) is 13.3. The molecule has 3 nitrogen and oxygen atoms in total. The first-order chi connectivity index (χ1) is 9.27. The van der Waals surface area contributed by atoms with Gasteiger partial charge in [-0.3, -0.25) is 4.90 Å². The van der Waals surface area contributed by atoms with Gasteiger partial charge in [-0.1, -0.05) is 23.8 Å². The lowest BCUT2D eigenvalue weighted by molar-refractivity contribution is -0.133. The number of hydrogen-bond donors (Lipinski definition) is 1. The molecule has 1 fully saturated rings. The van der Waals surface area contributed by atoms with E-state index in [1.807, 2.05) is 6.07 Å². The molecule has 1 aromatic rings. The normalized spacial score (nSPS) is 24.6. The van der Waals surface area contributed by atoms with Crippen molar-refractivity contribution in [2.75, 3.05) is 19.6 Å². The number of nitrogens with zero attached hydrogens (tertiary/aromatic N) is 1. The summed E-state index contributed by atoms with van der Waals surface area (Å²) in [4.78, 5) is 2.30. The number of hydrogen-bond acceptors (Lipinski definition) is 3. The molecule has 1 aromatic carbocycles. The van der Waals surface area contributed by atoms with E-state index in [1.165, 1.54) is 5.56 Å². The van der Waals surface area contributed by atoms with Crippen LogP contribution in [-0.4, -0.2) is 41.3 Å². The number of rotatable bonds is 3. The highest BCUT2D eigenvalue weighted by Crippen LogP contribution is 2.25. The molecular formula is C17H27NO2. The van der Waals surface area contributed by atoms with Gasteiger partial charge in [0.05, 0.1) is 17.8 Å². The number of aliphatic hydroxyl groups excluding tert-OH is 1. The molecule has 2 atom stereocenters. The molecule has 1 N–H and O–H groups in total. The van der Waals surface area contributed by atoms with Crippen LogP contribution < -0.4 is 0 Å². The van der Waals surface area contributed by atoms with Crippen molar-refractivity contribution in [2.45, 2.75) is 52.4 Å². The summed E-state index contributed by atoms with van der Waals surface area (Å²) in [6.45, 7) is 12.9. The van der Waals surface area contributed by atoms with Crippen molar-refractivity contribution in [3.63, 3.8) is 0 Å². The van der Waals surface area contributed by atoms with Crippen molar-refractivity contribution in [3.8, 4) is 0 Å². The van der Waals surface area contributed by atoms with E-state index >= 15 is 0 Å². The maximum absolute atomic E-state index is 10.5. The lowest BCUT2D eigenvalue weighted by Crippen LogP contribution is -2.52. The number of aliphatic hydroxyl groups is 1. The van der Waals surface area contributed by atoms with Gasteiger partial charge in [0.1, 0.15) is 0 Å². The lowest BCUT2D eigenvalue weighted by atomic mass is 9.99. The SMILES string of the molecule is Cc1ccc(C(O)CN2CC(C)OC(C)(C)C2)c(C)c1. The number of morpholine rings is 1. The average Bonchev–Trinajstić information content (AvgIpc) is 2.25. The lowest BCUT2D eigenvalue weighted by Gasteiger charge is -2.42. The minimum absolute atomic E-state index is 0.139. The first-order valence-electron chi connectivity index (χ1n) is 7.42. The van der Waals surface area contributed by atoms with Gasteiger partial charge in [0.25, 0.3) is 0 Å². The molecule has 1 saturated heterocycles. The van der Waals surface area contributed by atoms with Gasteiger partial charge in [0, 0.05) is 19.6 Å². The molecule has 1 aliphatic heterocycles. The van der Waals surface area contributed by atoms with E-state index in [1.54, 1.807) is 0 Å². The van der Waals surface area contributed by atoms with E-state index in [9.17, 15) is 5.11 Å². The Balaban J connectivity index is 2.05. The first-order valence-corrected chi connectivity index (χ1v) is 7.42. The van der Waals surface area contributed by atoms with Crippen LogP contribution in [0.2, 0.25) is 0 Å². The Morgan fingerprint density at radius 2 is 2.10 bits per heavy atom. The van der Waals surface area contributed by atoms with E-state index in [-0.39, 0.29) is 11.7 Å². The first kappa shape index (κ1) is 15.5. The average molecular weight is 277 g/mol. The second-order valence-corrected chi connectivity index (χ2v) is 6.76. The van der Waals surface area contributed by atoms with E-state index in [4.69, 9.17) is 4.74 Å². The zero-order valence-electron chi connectivity index (χ0n) is 13.3.